The summed E-state index contributed by atoms with van der Waals surface area (Å²) in [6.07, 6.45) is 6.38. The highest BCUT2D eigenvalue weighted by Crippen LogP contribution is 2.29. The summed E-state index contributed by atoms with van der Waals surface area (Å²) in [5.41, 5.74) is 0.288. The summed E-state index contributed by atoms with van der Waals surface area (Å²) in [5.74, 6) is 1.43. The molecule has 6 nitrogen and oxygen atoms in total. The van der Waals surface area contributed by atoms with Crippen molar-refractivity contribution in [3.05, 3.63) is 46.3 Å². The van der Waals surface area contributed by atoms with Crippen LogP contribution in [-0.4, -0.2) is 35.8 Å². The van der Waals surface area contributed by atoms with E-state index in [0.717, 1.165) is 22.7 Å². The van der Waals surface area contributed by atoms with Crippen molar-refractivity contribution in [2.45, 2.75) is 29.6 Å². The highest BCUT2D eigenvalue weighted by Gasteiger charge is 2.39. The number of hydrogen-bond acceptors (Lipinski definition) is 5. The molecule has 1 saturated heterocycles. The summed E-state index contributed by atoms with van der Waals surface area (Å²) in [6.45, 7) is 0.312. The zero-order valence-corrected chi connectivity index (χ0v) is 17.6. The van der Waals surface area contributed by atoms with Gasteiger partial charge in [0.2, 0.25) is 0 Å². The van der Waals surface area contributed by atoms with E-state index in [2.05, 4.69) is 10.9 Å². The number of terminal acetylenes is 1. The normalized spacial score (nSPS) is 18.3. The molecule has 0 radical (unpaired) electrons. The van der Waals surface area contributed by atoms with Crippen LogP contribution in [0, 0.1) is 18.2 Å². The average molecular weight is 450 g/mol. The molecule has 3 aromatic rings. The fourth-order valence-corrected chi connectivity index (χ4v) is 7.20. The number of carbonyl (C=O) groups excluding carboxylic acids is 1. The SMILES string of the molecule is C#CCn1c(=NC(=O)C2CCCN2S(=O)(=O)c2cccs2)sc2cccc(F)c21. The minimum Gasteiger partial charge on any atom is -0.302 e. The Bertz CT molecular complexity index is 1280. The Morgan fingerprint density at radius 3 is 2.90 bits per heavy atom. The quantitative estimate of drug-likeness (QED) is 0.575. The number of fused-ring (bicyclic) bond motifs is 1. The van der Waals surface area contributed by atoms with Gasteiger partial charge in [-0.2, -0.15) is 9.30 Å². The number of benzene rings is 1. The third-order valence-electron chi connectivity index (χ3n) is 4.65. The van der Waals surface area contributed by atoms with Crippen LogP contribution in [0.15, 0.2) is 44.9 Å². The van der Waals surface area contributed by atoms with Crippen molar-refractivity contribution in [1.82, 2.24) is 8.87 Å². The molecule has 10 heteroatoms. The van der Waals surface area contributed by atoms with Gasteiger partial charge < -0.3 is 4.57 Å². The molecule has 1 fully saturated rings. The van der Waals surface area contributed by atoms with Gasteiger partial charge in [0.1, 0.15) is 16.1 Å². The van der Waals surface area contributed by atoms with E-state index in [1.54, 1.807) is 23.6 Å². The number of amides is 1. The first-order valence-electron chi connectivity index (χ1n) is 8.78. The highest BCUT2D eigenvalue weighted by molar-refractivity contribution is 7.91. The number of nitrogens with zero attached hydrogens (tertiary/aromatic N) is 3. The van der Waals surface area contributed by atoms with E-state index in [4.69, 9.17) is 6.42 Å². The molecule has 2 aromatic heterocycles. The monoisotopic (exact) mass is 449 g/mol. The first-order valence-corrected chi connectivity index (χ1v) is 11.9. The molecule has 0 aliphatic carbocycles. The second-order valence-corrected chi connectivity index (χ2v) is 10.5. The maximum absolute atomic E-state index is 14.3. The molecule has 0 saturated carbocycles. The van der Waals surface area contributed by atoms with Gasteiger partial charge in [0, 0.05) is 6.54 Å². The highest BCUT2D eigenvalue weighted by atomic mass is 32.2. The van der Waals surface area contributed by atoms with E-state index in [1.165, 1.54) is 21.0 Å². The lowest BCUT2D eigenvalue weighted by molar-refractivity contribution is -0.121. The standard InChI is InChI=1S/C19H16FN3O3S3/c1-2-10-22-17-13(20)6-3-8-15(17)28-19(22)21-18(24)14-7-4-11-23(14)29(25,26)16-9-5-12-27-16/h1,3,5-6,8-9,12,14H,4,7,10-11H2. The van der Waals surface area contributed by atoms with Gasteiger partial charge in [-0.25, -0.2) is 12.8 Å². The molecule has 0 bridgehead atoms. The molecule has 1 unspecified atom stereocenters. The molecule has 3 heterocycles. The minimum atomic E-state index is -3.76. The number of hydrogen-bond donors (Lipinski definition) is 0. The van der Waals surface area contributed by atoms with Crippen LogP contribution in [0.4, 0.5) is 4.39 Å². The molecule has 1 aliphatic rings. The van der Waals surface area contributed by atoms with Crippen molar-refractivity contribution >= 4 is 48.8 Å². The number of thiophene rings is 1. The maximum atomic E-state index is 14.3. The number of rotatable bonds is 4. The van der Waals surface area contributed by atoms with Crippen molar-refractivity contribution in [3.63, 3.8) is 0 Å². The number of halogens is 1. The van der Waals surface area contributed by atoms with Gasteiger partial charge in [-0.15, -0.1) is 17.8 Å². The summed E-state index contributed by atoms with van der Waals surface area (Å²) in [6, 6.07) is 6.92. The maximum Gasteiger partial charge on any atom is 0.266 e. The van der Waals surface area contributed by atoms with Crippen molar-refractivity contribution in [3.8, 4) is 12.3 Å². The number of carbonyl (C=O) groups is 1. The van der Waals surface area contributed by atoms with Crippen LogP contribution in [0.5, 0.6) is 0 Å². The minimum absolute atomic E-state index is 0.0505. The lowest BCUT2D eigenvalue weighted by Gasteiger charge is -2.20. The predicted octanol–water partition coefficient (Wildman–Crippen LogP) is 2.82. The largest absolute Gasteiger partial charge is 0.302 e. The molecule has 1 amide bonds. The molecule has 1 aliphatic heterocycles. The van der Waals surface area contributed by atoms with Crippen LogP contribution in [0.2, 0.25) is 0 Å². The van der Waals surface area contributed by atoms with Gasteiger partial charge in [0.15, 0.2) is 4.80 Å². The van der Waals surface area contributed by atoms with Crippen LogP contribution in [0.1, 0.15) is 12.8 Å². The average Bonchev–Trinajstić information content (AvgIpc) is 3.43. The first-order chi connectivity index (χ1) is 13.9. The Kier molecular flexibility index (Phi) is 5.40. The van der Waals surface area contributed by atoms with Gasteiger partial charge in [-0.3, -0.25) is 4.79 Å². The van der Waals surface area contributed by atoms with Crippen LogP contribution >= 0.6 is 22.7 Å². The molecular formula is C19H16FN3O3S3. The van der Waals surface area contributed by atoms with Crippen LogP contribution < -0.4 is 4.80 Å². The molecule has 0 N–H and O–H groups in total. The summed E-state index contributed by atoms with van der Waals surface area (Å²) < 4.78 is 43.6. The Hall–Kier alpha value is -2.32. The second kappa shape index (κ2) is 7.84. The topological polar surface area (TPSA) is 71.7 Å². The van der Waals surface area contributed by atoms with Gasteiger partial charge in [-0.05, 0) is 36.4 Å². The zero-order valence-electron chi connectivity index (χ0n) is 15.1. The van der Waals surface area contributed by atoms with Crippen molar-refractivity contribution in [2.75, 3.05) is 6.54 Å². The fourth-order valence-electron chi connectivity index (χ4n) is 3.38. The van der Waals surface area contributed by atoms with Crippen LogP contribution in [-0.2, 0) is 21.4 Å². The summed E-state index contributed by atoms with van der Waals surface area (Å²) in [5, 5.41) is 1.68. The Labute approximate surface area is 175 Å². The summed E-state index contributed by atoms with van der Waals surface area (Å²) >= 11 is 2.26. The van der Waals surface area contributed by atoms with Gasteiger partial charge in [-0.1, -0.05) is 29.4 Å². The molecule has 0 spiro atoms. The Balaban J connectivity index is 1.76. The van der Waals surface area contributed by atoms with E-state index in [9.17, 15) is 17.6 Å². The fraction of sp³-hybridized carbons (Fsp3) is 0.263. The van der Waals surface area contributed by atoms with Gasteiger partial charge in [0.05, 0.1) is 16.8 Å². The van der Waals surface area contributed by atoms with Crippen LogP contribution in [0.3, 0.4) is 0 Å². The van der Waals surface area contributed by atoms with Gasteiger partial charge >= 0.3 is 0 Å². The number of para-hydroxylation sites is 1. The molecular weight excluding hydrogens is 433 g/mol. The Morgan fingerprint density at radius 2 is 2.17 bits per heavy atom. The number of thiazole rings is 1. The lowest BCUT2D eigenvalue weighted by atomic mass is 10.2. The number of sulfonamides is 1. The molecule has 150 valence electrons. The van der Waals surface area contributed by atoms with E-state index >= 15 is 0 Å². The van der Waals surface area contributed by atoms with E-state index in [1.807, 2.05) is 0 Å². The van der Waals surface area contributed by atoms with Crippen molar-refractivity contribution < 1.29 is 17.6 Å². The Morgan fingerprint density at radius 1 is 1.34 bits per heavy atom. The van der Waals surface area contributed by atoms with Crippen molar-refractivity contribution in [2.24, 2.45) is 4.99 Å². The van der Waals surface area contributed by atoms with E-state index in [-0.39, 0.29) is 27.6 Å². The smallest absolute Gasteiger partial charge is 0.266 e. The van der Waals surface area contributed by atoms with Crippen LogP contribution in [0.25, 0.3) is 10.2 Å². The molecule has 1 atom stereocenters. The summed E-state index contributed by atoms with van der Waals surface area (Å²) in [7, 11) is -3.76. The molecule has 1 aromatic carbocycles. The molecule has 29 heavy (non-hydrogen) atoms. The lowest BCUT2D eigenvalue weighted by Crippen LogP contribution is -2.40. The zero-order chi connectivity index (χ0) is 20.6. The third-order valence-corrected chi connectivity index (χ3v) is 8.98. The predicted molar refractivity (Wildman–Crippen MR) is 110 cm³/mol. The third kappa shape index (κ3) is 3.55. The second-order valence-electron chi connectivity index (χ2n) is 6.42. The summed E-state index contributed by atoms with van der Waals surface area (Å²) in [4.78, 5) is 17.4. The van der Waals surface area contributed by atoms with E-state index in [0.29, 0.717) is 17.5 Å². The first kappa shape index (κ1) is 20.0. The number of aromatic nitrogens is 1. The molecule has 4 rings (SSSR count). The van der Waals surface area contributed by atoms with Gasteiger partial charge in [0.25, 0.3) is 15.9 Å². The van der Waals surface area contributed by atoms with E-state index < -0.39 is 27.8 Å². The van der Waals surface area contributed by atoms with Crippen molar-refractivity contribution in [1.29, 1.82) is 0 Å².